The molecule has 0 saturated carbocycles. The van der Waals surface area contributed by atoms with Crippen molar-refractivity contribution >= 4 is 64.3 Å². The maximum atomic E-state index is 15.6. The summed E-state index contributed by atoms with van der Waals surface area (Å²) in [6.45, 7) is 15.5. The number of nitrogens with one attached hydrogen (secondary N) is 2. The number of sulfonamides is 2. The topological polar surface area (TPSA) is 165 Å². The van der Waals surface area contributed by atoms with Crippen molar-refractivity contribution in [1.82, 2.24) is 0 Å². The molecule has 1 aliphatic carbocycles. The highest BCUT2D eigenvalue weighted by Gasteiger charge is 2.81. The molecule has 0 aromatic heterocycles. The standard InChI is InChI=1S/C51H46F6N3O8S3/c1-8-33-20-24-37(25-21-33)68-71(65,66)51(56,57)49(52,53)50(54,55)70(63,64)60-69(61,62)45-19-11-10-16-42(45)46-40-26-22-35(58-47-32(7)14-12-15-34(47)9-2)28-43(40)67-44-29-36(23-27-41(44)46)59-48-38(30(3)4)17-13-18-39(48)31(5)6/h8,10-31,59H,1,9H2,2-7H3/q-1/p+1. The van der Waals surface area contributed by atoms with Crippen molar-refractivity contribution < 1.29 is 65.2 Å². The second-order valence-electron chi connectivity index (χ2n) is 17.2. The molecule has 0 fully saturated rings. The Hall–Kier alpha value is -6.48. The van der Waals surface area contributed by atoms with Gasteiger partial charge in [0.25, 0.3) is 0 Å². The Kier molecular flexibility index (Phi) is 14.2. The number of nitrogens with zero attached hydrogens (tertiary/aromatic N) is 1. The summed E-state index contributed by atoms with van der Waals surface area (Å²) in [5.41, 5.74) is 6.39. The first-order valence-electron chi connectivity index (χ1n) is 21.9. The van der Waals surface area contributed by atoms with E-state index in [9.17, 15) is 25.3 Å². The summed E-state index contributed by atoms with van der Waals surface area (Å²) in [6, 6.07) is 29.3. The maximum Gasteiger partial charge on any atom is 0.450 e. The Labute approximate surface area is 407 Å². The zero-order valence-corrected chi connectivity index (χ0v) is 41.3. The minimum Gasteiger partial charge on any atom is -0.456 e. The van der Waals surface area contributed by atoms with E-state index in [-0.39, 0.29) is 45.3 Å². The lowest BCUT2D eigenvalue weighted by Gasteiger charge is -2.35. The first kappa shape index (κ1) is 52.3. The predicted molar refractivity (Wildman–Crippen MR) is 261 cm³/mol. The highest BCUT2D eigenvalue weighted by Crippen LogP contribution is 2.53. The summed E-state index contributed by atoms with van der Waals surface area (Å²) < 4.78 is 185. The van der Waals surface area contributed by atoms with Crippen LogP contribution in [0.4, 0.5) is 43.4 Å². The molecule has 11 nitrogen and oxygen atoms in total. The molecule has 20 heteroatoms. The average molecular weight is 1040 g/mol. The van der Waals surface area contributed by atoms with E-state index in [1.807, 2.05) is 77.9 Å². The van der Waals surface area contributed by atoms with Crippen LogP contribution in [0.2, 0.25) is 0 Å². The number of hydrogen-bond donors (Lipinski definition) is 2. The smallest absolute Gasteiger partial charge is 0.450 e. The van der Waals surface area contributed by atoms with E-state index < -0.39 is 62.8 Å². The summed E-state index contributed by atoms with van der Waals surface area (Å²) >= 11 is 0. The molecule has 1 aliphatic heterocycles. The van der Waals surface area contributed by atoms with Gasteiger partial charge >= 0.3 is 26.5 Å². The van der Waals surface area contributed by atoms with Gasteiger partial charge in [-0.05, 0) is 78.3 Å². The van der Waals surface area contributed by atoms with Crippen LogP contribution in [0.5, 0.6) is 5.75 Å². The highest BCUT2D eigenvalue weighted by molar-refractivity contribution is 8.12. The molecule has 374 valence electrons. The monoisotopic (exact) mass is 1040 g/mol. The van der Waals surface area contributed by atoms with Crippen LogP contribution in [0.1, 0.15) is 74.3 Å². The number of alkyl halides is 6. The summed E-state index contributed by atoms with van der Waals surface area (Å²) in [5, 5.41) is -9.96. The number of anilines is 2. The van der Waals surface area contributed by atoms with Gasteiger partial charge in [0.05, 0.1) is 11.0 Å². The van der Waals surface area contributed by atoms with Crippen LogP contribution in [0.25, 0.3) is 43.6 Å². The largest absolute Gasteiger partial charge is 0.456 e. The highest BCUT2D eigenvalue weighted by atomic mass is 32.3. The number of aryl methyl sites for hydroxylation is 2. The second-order valence-corrected chi connectivity index (χ2v) is 22.2. The Morgan fingerprint density at radius 2 is 1.38 bits per heavy atom. The fourth-order valence-corrected chi connectivity index (χ4v) is 11.8. The van der Waals surface area contributed by atoms with Crippen molar-refractivity contribution in [3.63, 3.8) is 0 Å². The Bertz CT molecular complexity index is 3560. The number of hydrogen-bond acceptors (Lipinski definition) is 9. The molecule has 5 aromatic carbocycles. The number of fused-ring (bicyclic) bond motifs is 2. The zero-order chi connectivity index (χ0) is 52.1. The lowest BCUT2D eigenvalue weighted by Crippen LogP contribution is -2.71. The van der Waals surface area contributed by atoms with E-state index in [1.54, 1.807) is 36.4 Å². The molecule has 5 aromatic rings. The zero-order valence-electron chi connectivity index (χ0n) is 38.9. The average Bonchev–Trinajstić information content (AvgIpc) is 3.30. The van der Waals surface area contributed by atoms with Gasteiger partial charge in [-0.1, -0.05) is 114 Å². The number of rotatable bonds is 17. The van der Waals surface area contributed by atoms with E-state index in [2.05, 4.69) is 25.2 Å². The maximum absolute atomic E-state index is 15.6. The lowest BCUT2D eigenvalue weighted by atomic mass is 9.92. The van der Waals surface area contributed by atoms with E-state index in [4.69, 9.17) is 4.42 Å². The number of benzene rings is 6. The van der Waals surface area contributed by atoms with Gasteiger partial charge in [-0.2, -0.15) is 34.8 Å². The fraction of sp³-hybridized carbons (Fsp3) is 0.235. The van der Waals surface area contributed by atoms with Gasteiger partial charge in [0, 0.05) is 56.7 Å². The third-order valence-corrected chi connectivity index (χ3v) is 16.4. The summed E-state index contributed by atoms with van der Waals surface area (Å²) in [7, 11) is -20.9. The van der Waals surface area contributed by atoms with Crippen LogP contribution < -0.4 is 19.8 Å². The number of para-hydroxylation sites is 2. The van der Waals surface area contributed by atoms with Crippen molar-refractivity contribution in [2.75, 3.05) is 5.32 Å². The molecule has 7 rings (SSSR count). The van der Waals surface area contributed by atoms with Gasteiger partial charge in [0.1, 0.15) is 27.1 Å². The number of halogens is 6. The van der Waals surface area contributed by atoms with E-state index in [0.29, 0.717) is 29.6 Å². The fourth-order valence-electron chi connectivity index (χ4n) is 7.96. The van der Waals surface area contributed by atoms with Crippen molar-refractivity contribution in [2.45, 2.75) is 81.1 Å². The van der Waals surface area contributed by atoms with E-state index >= 15 is 26.3 Å². The van der Waals surface area contributed by atoms with Crippen LogP contribution >= 0.6 is 0 Å². The minimum atomic E-state index is -7.62. The van der Waals surface area contributed by atoms with Crippen molar-refractivity contribution in [1.29, 1.82) is 0 Å². The third kappa shape index (κ3) is 9.69. The van der Waals surface area contributed by atoms with Gasteiger partial charge in [-0.15, -0.1) is 0 Å². The first-order valence-corrected chi connectivity index (χ1v) is 26.2. The minimum absolute atomic E-state index is 0.0229. The Balaban J connectivity index is 1.37. The molecule has 0 unspecified atom stereocenters. The molecule has 0 amide bonds. The van der Waals surface area contributed by atoms with Crippen molar-refractivity contribution in [3.05, 3.63) is 165 Å². The van der Waals surface area contributed by atoms with Crippen LogP contribution in [0.15, 0.2) is 137 Å². The van der Waals surface area contributed by atoms with E-state index in [1.165, 1.54) is 18.2 Å². The summed E-state index contributed by atoms with van der Waals surface area (Å²) in [5.74, 6) is -8.08. The molecule has 71 heavy (non-hydrogen) atoms. The molecule has 0 saturated heterocycles. The van der Waals surface area contributed by atoms with Crippen LogP contribution in [-0.2, 0) is 36.6 Å². The Morgan fingerprint density at radius 3 is 2.00 bits per heavy atom. The quantitative estimate of drug-likeness (QED) is 0.0513. The third-order valence-electron chi connectivity index (χ3n) is 11.7. The molecular weight excluding hydrogens is 993 g/mol. The molecule has 0 bridgehead atoms. The van der Waals surface area contributed by atoms with Gasteiger partial charge in [0.15, 0.2) is 10.0 Å². The van der Waals surface area contributed by atoms with Crippen LogP contribution in [0.3, 0.4) is 0 Å². The normalized spacial score (nSPS) is 13.4. The van der Waals surface area contributed by atoms with Gasteiger partial charge < -0.3 is 18.0 Å². The molecule has 1 heterocycles. The summed E-state index contributed by atoms with van der Waals surface area (Å²) in [6.07, 6.45) is 1.91. The first-order chi connectivity index (χ1) is 33.2. The molecule has 0 spiro atoms. The van der Waals surface area contributed by atoms with E-state index in [0.717, 1.165) is 57.9 Å². The SMILES string of the molecule is C=Cc1ccc(OS(=O)(=O)C(F)(F)C(F)(F)C(F)(F)S(=O)(=O)[N-]S(=O)(=O)c2ccccc2-c2c3ccc(=[NH+]c4c(C)cccc4CC)cc-3oc3cc(Nc4c(C(C)C)cccc4C(C)C)ccc23)cc1. The molecule has 2 N–H and O–H groups in total. The predicted octanol–water partition coefficient (Wildman–Crippen LogP) is 11.6. The molecular formula is C51H47F6N3O8S3. The molecule has 0 radical (unpaired) electrons. The van der Waals surface area contributed by atoms with Crippen molar-refractivity contribution in [3.8, 4) is 28.2 Å². The van der Waals surface area contributed by atoms with Gasteiger partial charge in [0.2, 0.25) is 11.0 Å². The summed E-state index contributed by atoms with van der Waals surface area (Å²) in [4.78, 5) is 2.28. The lowest BCUT2D eigenvalue weighted by molar-refractivity contribution is -0.403. The van der Waals surface area contributed by atoms with Gasteiger partial charge in [-0.3, -0.25) is 0 Å². The van der Waals surface area contributed by atoms with Gasteiger partial charge in [-0.25, -0.2) is 21.8 Å². The van der Waals surface area contributed by atoms with Crippen LogP contribution in [-0.4, -0.2) is 41.7 Å². The Morgan fingerprint density at radius 1 is 0.746 bits per heavy atom. The molecule has 0 atom stereocenters. The second kappa shape index (κ2) is 19.3. The van der Waals surface area contributed by atoms with Crippen LogP contribution in [0, 0.1) is 6.92 Å². The molecule has 2 aliphatic rings. The van der Waals surface area contributed by atoms with Crippen molar-refractivity contribution in [2.24, 2.45) is 0 Å².